The van der Waals surface area contributed by atoms with Gasteiger partial charge in [-0.15, -0.1) is 0 Å². The highest BCUT2D eigenvalue weighted by molar-refractivity contribution is 9.10. The lowest BCUT2D eigenvalue weighted by Crippen LogP contribution is -2.17. The third-order valence-corrected chi connectivity index (χ3v) is 4.90. The van der Waals surface area contributed by atoms with E-state index in [0.29, 0.717) is 27.6 Å². The molecule has 0 radical (unpaired) electrons. The Kier molecular flexibility index (Phi) is 4.91. The Balaban J connectivity index is 1.74. The van der Waals surface area contributed by atoms with Gasteiger partial charge in [0.05, 0.1) is 16.7 Å². The van der Waals surface area contributed by atoms with Gasteiger partial charge in [-0.05, 0) is 40.5 Å². The fraction of sp³-hybridized carbons (Fsp3) is 0.188. The molecule has 1 amide bonds. The maximum absolute atomic E-state index is 13.1. The highest BCUT2D eigenvalue weighted by Crippen LogP contribution is 2.22. The zero-order valence-electron chi connectivity index (χ0n) is 13.4. The number of carbonyl (C=O) groups is 1. The second-order valence-electron chi connectivity index (χ2n) is 5.46. The molecule has 25 heavy (non-hydrogen) atoms. The van der Waals surface area contributed by atoms with E-state index in [1.807, 2.05) is 6.92 Å². The first kappa shape index (κ1) is 17.6. The number of halogens is 3. The molecule has 9 heteroatoms. The Morgan fingerprint density at radius 2 is 2.12 bits per heavy atom. The van der Waals surface area contributed by atoms with E-state index < -0.39 is 0 Å². The summed E-state index contributed by atoms with van der Waals surface area (Å²) in [4.78, 5) is 12.4. The topological polar surface area (TPSA) is 64.7 Å². The summed E-state index contributed by atoms with van der Waals surface area (Å²) in [5.74, 6) is -0.312. The molecule has 0 unspecified atom stereocenters. The molecule has 3 aromatic rings. The molecule has 0 saturated heterocycles. The van der Waals surface area contributed by atoms with Crippen LogP contribution in [-0.4, -0.2) is 25.5 Å². The number of hydrogen-bond acceptors (Lipinski definition) is 3. The Hall–Kier alpha value is -2.19. The van der Waals surface area contributed by atoms with Crippen LogP contribution in [0.15, 0.2) is 34.9 Å². The molecule has 0 bridgehead atoms. The maximum atomic E-state index is 13.1. The molecule has 0 aliphatic heterocycles. The normalized spacial score (nSPS) is 10.9. The third kappa shape index (κ3) is 3.74. The molecule has 6 nitrogen and oxygen atoms in total. The molecule has 0 aliphatic carbocycles. The first-order chi connectivity index (χ1) is 11.8. The number of amides is 1. The lowest BCUT2D eigenvalue weighted by atomic mass is 10.2. The number of rotatable bonds is 4. The average Bonchev–Trinajstić information content (AvgIpc) is 3.06. The molecular weight excluding hydrogens is 413 g/mol. The predicted octanol–water partition coefficient (Wildman–Crippen LogP) is 3.78. The monoisotopic (exact) mass is 425 g/mol. The maximum Gasteiger partial charge on any atom is 0.276 e. The lowest BCUT2D eigenvalue weighted by molar-refractivity contribution is 0.101. The summed E-state index contributed by atoms with van der Waals surface area (Å²) in [7, 11) is 1.70. The van der Waals surface area contributed by atoms with Crippen molar-refractivity contribution in [1.82, 2.24) is 19.6 Å². The van der Waals surface area contributed by atoms with Gasteiger partial charge in [0.1, 0.15) is 11.5 Å². The molecule has 1 aromatic carbocycles. The van der Waals surface area contributed by atoms with Gasteiger partial charge >= 0.3 is 0 Å². The lowest BCUT2D eigenvalue weighted by Gasteiger charge is -2.05. The Morgan fingerprint density at radius 1 is 1.36 bits per heavy atom. The molecule has 0 spiro atoms. The number of nitrogens with zero attached hydrogens (tertiary/aromatic N) is 4. The van der Waals surface area contributed by atoms with Crippen molar-refractivity contribution < 1.29 is 9.18 Å². The van der Waals surface area contributed by atoms with Crippen molar-refractivity contribution in [2.45, 2.75) is 13.5 Å². The first-order valence-corrected chi connectivity index (χ1v) is 8.50. The molecule has 3 rings (SSSR count). The summed E-state index contributed by atoms with van der Waals surface area (Å²) in [5, 5.41) is 11.5. The van der Waals surface area contributed by atoms with Crippen LogP contribution in [-0.2, 0) is 13.6 Å². The number of benzene rings is 1. The Bertz CT molecular complexity index is 952. The molecular formula is C16H14BrClFN5O. The van der Waals surface area contributed by atoms with Gasteiger partial charge in [0.2, 0.25) is 0 Å². The number of anilines is 1. The summed E-state index contributed by atoms with van der Waals surface area (Å²) in [6.45, 7) is 2.17. The van der Waals surface area contributed by atoms with Crippen LogP contribution >= 0.6 is 27.5 Å². The van der Waals surface area contributed by atoms with Gasteiger partial charge in [-0.3, -0.25) is 14.2 Å². The molecule has 2 heterocycles. The Labute approximate surface area is 156 Å². The van der Waals surface area contributed by atoms with Crippen molar-refractivity contribution in [3.63, 3.8) is 0 Å². The van der Waals surface area contributed by atoms with E-state index >= 15 is 0 Å². The van der Waals surface area contributed by atoms with Crippen molar-refractivity contribution in [1.29, 1.82) is 0 Å². The average molecular weight is 427 g/mol. The second-order valence-corrected chi connectivity index (χ2v) is 6.66. The predicted molar refractivity (Wildman–Crippen MR) is 96.3 cm³/mol. The van der Waals surface area contributed by atoms with Crippen molar-refractivity contribution >= 4 is 39.3 Å². The van der Waals surface area contributed by atoms with Crippen LogP contribution in [0.1, 0.15) is 21.7 Å². The number of hydrogen-bond donors (Lipinski definition) is 1. The van der Waals surface area contributed by atoms with Crippen molar-refractivity contribution in [3.8, 4) is 0 Å². The zero-order chi connectivity index (χ0) is 18.1. The quantitative estimate of drug-likeness (QED) is 0.690. The van der Waals surface area contributed by atoms with Crippen LogP contribution in [0.2, 0.25) is 5.02 Å². The van der Waals surface area contributed by atoms with Crippen LogP contribution in [0.25, 0.3) is 0 Å². The number of nitrogens with one attached hydrogen (secondary N) is 1. The van der Waals surface area contributed by atoms with E-state index in [4.69, 9.17) is 11.6 Å². The summed E-state index contributed by atoms with van der Waals surface area (Å²) in [5.41, 5.74) is 1.87. The fourth-order valence-electron chi connectivity index (χ4n) is 2.40. The smallest absolute Gasteiger partial charge is 0.276 e. The van der Waals surface area contributed by atoms with E-state index in [-0.39, 0.29) is 11.7 Å². The molecule has 2 aromatic heterocycles. The third-order valence-electron chi connectivity index (χ3n) is 3.59. The van der Waals surface area contributed by atoms with Gasteiger partial charge in [-0.25, -0.2) is 4.39 Å². The van der Waals surface area contributed by atoms with Gasteiger partial charge in [0.25, 0.3) is 5.91 Å². The molecule has 130 valence electrons. The van der Waals surface area contributed by atoms with Crippen molar-refractivity contribution in [2.24, 2.45) is 7.05 Å². The first-order valence-electron chi connectivity index (χ1n) is 7.33. The van der Waals surface area contributed by atoms with Crippen LogP contribution in [0.3, 0.4) is 0 Å². The summed E-state index contributed by atoms with van der Waals surface area (Å²) in [6, 6.07) is 5.88. The largest absolute Gasteiger partial charge is 0.304 e. The molecule has 1 N–H and O–H groups in total. The van der Waals surface area contributed by atoms with E-state index in [1.54, 1.807) is 30.1 Å². The summed E-state index contributed by atoms with van der Waals surface area (Å²) < 4.78 is 16.9. The number of aryl methyl sites for hydroxylation is 2. The van der Waals surface area contributed by atoms with Gasteiger partial charge < -0.3 is 5.32 Å². The second kappa shape index (κ2) is 6.97. The molecule has 0 aliphatic rings. The highest BCUT2D eigenvalue weighted by atomic mass is 79.9. The van der Waals surface area contributed by atoms with Crippen molar-refractivity contribution in [2.75, 3.05) is 5.32 Å². The molecule has 0 atom stereocenters. The minimum absolute atomic E-state index is 0.319. The van der Waals surface area contributed by atoms with Crippen LogP contribution in [0.4, 0.5) is 10.2 Å². The Morgan fingerprint density at radius 3 is 2.76 bits per heavy atom. The SMILES string of the molecule is Cc1nn(C)c(C(=O)Nc2ccn(Cc3ccc(F)cc3Cl)n2)c1Br. The van der Waals surface area contributed by atoms with Crippen LogP contribution in [0, 0.1) is 12.7 Å². The summed E-state index contributed by atoms with van der Waals surface area (Å²) in [6.07, 6.45) is 1.71. The fourth-order valence-corrected chi connectivity index (χ4v) is 3.14. The van der Waals surface area contributed by atoms with E-state index in [0.717, 1.165) is 11.3 Å². The van der Waals surface area contributed by atoms with E-state index in [2.05, 4.69) is 31.4 Å². The minimum atomic E-state index is -0.390. The summed E-state index contributed by atoms with van der Waals surface area (Å²) >= 11 is 9.39. The van der Waals surface area contributed by atoms with E-state index in [1.165, 1.54) is 16.8 Å². The van der Waals surface area contributed by atoms with Crippen LogP contribution in [0.5, 0.6) is 0 Å². The molecule has 0 fully saturated rings. The van der Waals surface area contributed by atoms with Gasteiger partial charge in [0.15, 0.2) is 5.82 Å². The molecule has 0 saturated carbocycles. The number of carbonyl (C=O) groups excluding carboxylic acids is 1. The van der Waals surface area contributed by atoms with Gasteiger partial charge in [0, 0.05) is 24.3 Å². The van der Waals surface area contributed by atoms with E-state index in [9.17, 15) is 9.18 Å². The van der Waals surface area contributed by atoms with Gasteiger partial charge in [-0.2, -0.15) is 10.2 Å². The standard InChI is InChI=1S/C16H14BrClFN5O/c1-9-14(17)15(23(2)21-9)16(25)20-13-5-6-24(22-13)8-10-3-4-11(19)7-12(10)18/h3-7H,8H2,1-2H3,(H,20,22,25). The van der Waals surface area contributed by atoms with Gasteiger partial charge in [-0.1, -0.05) is 17.7 Å². The zero-order valence-corrected chi connectivity index (χ0v) is 15.8. The minimum Gasteiger partial charge on any atom is -0.304 e. The van der Waals surface area contributed by atoms with Crippen molar-refractivity contribution in [3.05, 3.63) is 62.7 Å². The number of aromatic nitrogens is 4. The van der Waals surface area contributed by atoms with Crippen LogP contribution < -0.4 is 5.32 Å². The highest BCUT2D eigenvalue weighted by Gasteiger charge is 2.19.